The van der Waals surface area contributed by atoms with Crippen molar-refractivity contribution in [1.82, 2.24) is 0 Å². The van der Waals surface area contributed by atoms with Gasteiger partial charge in [0.05, 0.1) is 0 Å². The van der Waals surface area contributed by atoms with Crippen LogP contribution in [-0.4, -0.2) is 0 Å². The van der Waals surface area contributed by atoms with Crippen LogP contribution in [0.2, 0.25) is 0 Å². The predicted octanol–water partition coefficient (Wildman–Crippen LogP) is 3.73. The third-order valence-corrected chi connectivity index (χ3v) is 4.22. The molecule has 0 aromatic heterocycles. The van der Waals surface area contributed by atoms with Crippen molar-refractivity contribution in [2.75, 3.05) is 0 Å². The Morgan fingerprint density at radius 3 is 2.70 bits per heavy atom. The van der Waals surface area contributed by atoms with E-state index in [0.717, 1.165) is 12.0 Å². The van der Waals surface area contributed by atoms with Crippen molar-refractivity contribution in [3.05, 3.63) is 70.5 Å². The maximum absolute atomic E-state index is 13.4. The summed E-state index contributed by atoms with van der Waals surface area (Å²) in [6.07, 6.45) is 4.34. The summed E-state index contributed by atoms with van der Waals surface area (Å²) < 4.78 is 13.4. The molecule has 104 valence electrons. The lowest BCUT2D eigenvalue weighted by Gasteiger charge is -2.26. The van der Waals surface area contributed by atoms with E-state index in [0.29, 0.717) is 0 Å². The molecule has 3 rings (SSSR count). The van der Waals surface area contributed by atoms with Gasteiger partial charge in [-0.3, -0.25) is 0 Å². The summed E-state index contributed by atoms with van der Waals surface area (Å²) in [6, 6.07) is 13.3. The smallest absolute Gasteiger partial charge is 0.123 e. The average Bonchev–Trinajstić information content (AvgIpc) is 2.85. The lowest BCUT2D eigenvalue weighted by molar-refractivity contribution is 0.486. The molecule has 1 aliphatic carbocycles. The highest BCUT2D eigenvalue weighted by Gasteiger charge is 2.23. The van der Waals surface area contributed by atoms with E-state index in [1.165, 1.54) is 48.1 Å². The second-order valence-corrected chi connectivity index (χ2v) is 6.06. The van der Waals surface area contributed by atoms with Crippen LogP contribution in [0.25, 0.3) is 0 Å². The first-order valence-corrected chi connectivity index (χ1v) is 7.20. The molecule has 20 heavy (non-hydrogen) atoms. The van der Waals surface area contributed by atoms with E-state index in [-0.39, 0.29) is 5.82 Å². The molecule has 0 saturated heterocycles. The van der Waals surface area contributed by atoms with Gasteiger partial charge in [0, 0.05) is 5.54 Å². The quantitative estimate of drug-likeness (QED) is 0.902. The van der Waals surface area contributed by atoms with E-state index < -0.39 is 5.54 Å². The summed E-state index contributed by atoms with van der Waals surface area (Å²) in [6.45, 7) is 1.97. The molecule has 0 heterocycles. The van der Waals surface area contributed by atoms with Gasteiger partial charge in [-0.2, -0.15) is 0 Å². The number of benzene rings is 2. The fourth-order valence-electron chi connectivity index (χ4n) is 3.10. The van der Waals surface area contributed by atoms with Crippen molar-refractivity contribution in [2.45, 2.75) is 38.1 Å². The predicted molar refractivity (Wildman–Crippen MR) is 80.1 cm³/mol. The molecule has 1 aliphatic rings. The van der Waals surface area contributed by atoms with E-state index in [1.54, 1.807) is 6.07 Å². The van der Waals surface area contributed by atoms with Crippen LogP contribution in [0.5, 0.6) is 0 Å². The van der Waals surface area contributed by atoms with Gasteiger partial charge in [-0.1, -0.05) is 30.3 Å². The summed E-state index contributed by atoms with van der Waals surface area (Å²) in [5, 5.41) is 0. The van der Waals surface area contributed by atoms with Gasteiger partial charge in [0.2, 0.25) is 0 Å². The van der Waals surface area contributed by atoms with Crippen LogP contribution in [0, 0.1) is 5.82 Å². The lowest BCUT2D eigenvalue weighted by atomic mass is 9.86. The third kappa shape index (κ3) is 2.61. The van der Waals surface area contributed by atoms with Crippen molar-refractivity contribution < 1.29 is 4.39 Å². The van der Waals surface area contributed by atoms with Crippen LogP contribution in [-0.2, 0) is 24.8 Å². The molecule has 2 heteroatoms. The summed E-state index contributed by atoms with van der Waals surface area (Å²) in [4.78, 5) is 0. The fourth-order valence-corrected chi connectivity index (χ4v) is 3.10. The SMILES string of the molecule is CC(N)(Cc1ccc2c(c1)CCC2)c1cccc(F)c1. The minimum Gasteiger partial charge on any atom is -0.321 e. The first kappa shape index (κ1) is 13.3. The van der Waals surface area contributed by atoms with Gasteiger partial charge in [-0.25, -0.2) is 4.39 Å². The Morgan fingerprint density at radius 1 is 1.10 bits per heavy atom. The lowest BCUT2D eigenvalue weighted by Crippen LogP contribution is -2.35. The van der Waals surface area contributed by atoms with Gasteiger partial charge in [0.15, 0.2) is 0 Å². The molecule has 0 spiro atoms. The number of hydrogen-bond acceptors (Lipinski definition) is 1. The number of halogens is 1. The molecule has 2 N–H and O–H groups in total. The Bertz CT molecular complexity index is 631. The number of aryl methyl sites for hydroxylation is 2. The highest BCUT2D eigenvalue weighted by Crippen LogP contribution is 2.27. The first-order valence-electron chi connectivity index (χ1n) is 7.20. The molecule has 1 atom stereocenters. The molecule has 2 aromatic rings. The third-order valence-electron chi connectivity index (χ3n) is 4.22. The molecule has 0 bridgehead atoms. The van der Waals surface area contributed by atoms with Crippen molar-refractivity contribution in [1.29, 1.82) is 0 Å². The molecule has 1 nitrogen and oxygen atoms in total. The summed E-state index contributed by atoms with van der Waals surface area (Å²) in [5.74, 6) is -0.229. The maximum Gasteiger partial charge on any atom is 0.123 e. The summed E-state index contributed by atoms with van der Waals surface area (Å²) in [7, 11) is 0. The number of rotatable bonds is 3. The zero-order valence-electron chi connectivity index (χ0n) is 11.8. The van der Waals surface area contributed by atoms with E-state index in [2.05, 4.69) is 18.2 Å². The van der Waals surface area contributed by atoms with Gasteiger partial charge >= 0.3 is 0 Å². The number of hydrogen-bond donors (Lipinski definition) is 1. The summed E-state index contributed by atoms with van der Waals surface area (Å²) in [5.41, 5.74) is 10.9. The molecular formula is C18H20FN. The minimum absolute atomic E-state index is 0.229. The van der Waals surface area contributed by atoms with Crippen LogP contribution in [0.15, 0.2) is 42.5 Å². The van der Waals surface area contributed by atoms with Gasteiger partial charge in [0.1, 0.15) is 5.82 Å². The number of fused-ring (bicyclic) bond motifs is 1. The van der Waals surface area contributed by atoms with Crippen molar-refractivity contribution in [2.24, 2.45) is 5.73 Å². The Labute approximate surface area is 119 Å². The largest absolute Gasteiger partial charge is 0.321 e. The molecule has 2 aromatic carbocycles. The van der Waals surface area contributed by atoms with Crippen molar-refractivity contribution >= 4 is 0 Å². The van der Waals surface area contributed by atoms with E-state index in [4.69, 9.17) is 5.73 Å². The monoisotopic (exact) mass is 269 g/mol. The standard InChI is InChI=1S/C18H20FN/c1-18(20,16-6-3-7-17(19)11-16)12-13-8-9-14-4-2-5-15(14)10-13/h3,6-11H,2,4-5,12,20H2,1H3. The van der Waals surface area contributed by atoms with Crippen molar-refractivity contribution in [3.8, 4) is 0 Å². The van der Waals surface area contributed by atoms with Gasteiger partial charge in [-0.05, 0) is 67.0 Å². The zero-order valence-corrected chi connectivity index (χ0v) is 11.8. The summed E-state index contributed by atoms with van der Waals surface area (Å²) >= 11 is 0. The van der Waals surface area contributed by atoms with E-state index in [9.17, 15) is 4.39 Å². The maximum atomic E-state index is 13.4. The van der Waals surface area contributed by atoms with E-state index in [1.807, 2.05) is 13.0 Å². The number of nitrogens with two attached hydrogens (primary N) is 1. The second kappa shape index (κ2) is 5.02. The molecule has 0 fully saturated rings. The van der Waals surface area contributed by atoms with Gasteiger partial charge < -0.3 is 5.73 Å². The van der Waals surface area contributed by atoms with Gasteiger partial charge in [0.25, 0.3) is 0 Å². The molecule has 0 radical (unpaired) electrons. The average molecular weight is 269 g/mol. The fraction of sp³-hybridized carbons (Fsp3) is 0.333. The van der Waals surface area contributed by atoms with Crippen LogP contribution < -0.4 is 5.73 Å². The topological polar surface area (TPSA) is 26.0 Å². The first-order chi connectivity index (χ1) is 9.54. The Balaban J connectivity index is 1.86. The molecule has 0 amide bonds. The van der Waals surface area contributed by atoms with Gasteiger partial charge in [-0.15, -0.1) is 0 Å². The van der Waals surface area contributed by atoms with Crippen LogP contribution in [0.1, 0.15) is 35.6 Å². The molecular weight excluding hydrogens is 249 g/mol. The van der Waals surface area contributed by atoms with Crippen LogP contribution in [0.4, 0.5) is 4.39 Å². The van der Waals surface area contributed by atoms with E-state index >= 15 is 0 Å². The molecule has 0 saturated carbocycles. The Hall–Kier alpha value is -1.67. The van der Waals surface area contributed by atoms with Crippen LogP contribution >= 0.6 is 0 Å². The Morgan fingerprint density at radius 2 is 1.90 bits per heavy atom. The zero-order chi connectivity index (χ0) is 14.2. The Kier molecular flexibility index (Phi) is 3.35. The van der Waals surface area contributed by atoms with Crippen LogP contribution in [0.3, 0.4) is 0 Å². The minimum atomic E-state index is -0.547. The second-order valence-electron chi connectivity index (χ2n) is 6.06. The highest BCUT2D eigenvalue weighted by molar-refractivity contribution is 5.37. The normalized spacial score (nSPS) is 16.8. The van der Waals surface area contributed by atoms with Crippen molar-refractivity contribution in [3.63, 3.8) is 0 Å². The highest BCUT2D eigenvalue weighted by atomic mass is 19.1. The molecule has 0 aliphatic heterocycles. The molecule has 1 unspecified atom stereocenters.